The van der Waals surface area contributed by atoms with Gasteiger partial charge in [-0.3, -0.25) is 9.89 Å². The Labute approximate surface area is 147 Å². The number of rotatable bonds is 8. The molecule has 25 heavy (non-hydrogen) atoms. The summed E-state index contributed by atoms with van der Waals surface area (Å²) in [7, 11) is 0. The van der Waals surface area contributed by atoms with E-state index in [9.17, 15) is 4.79 Å². The highest BCUT2D eigenvalue weighted by Crippen LogP contribution is 2.21. The summed E-state index contributed by atoms with van der Waals surface area (Å²) < 4.78 is 2.11. The highest BCUT2D eigenvalue weighted by Gasteiger charge is 2.11. The molecular weight excluding hydrogens is 314 g/mol. The lowest BCUT2D eigenvalue weighted by Gasteiger charge is -2.12. The monoisotopic (exact) mass is 339 g/mol. The van der Waals surface area contributed by atoms with Crippen molar-refractivity contribution in [3.63, 3.8) is 0 Å². The largest absolute Gasteiger partial charge is 0.370 e. The summed E-state index contributed by atoms with van der Waals surface area (Å²) in [5, 5.41) is 12.1. The Morgan fingerprint density at radius 3 is 2.92 bits per heavy atom. The number of primary amides is 1. The maximum atomic E-state index is 11.1. The van der Waals surface area contributed by atoms with E-state index in [0.717, 1.165) is 29.9 Å². The molecule has 3 aromatic rings. The number of nitrogens with one attached hydrogen (secondary N) is 2. The van der Waals surface area contributed by atoms with E-state index < -0.39 is 0 Å². The Morgan fingerprint density at radius 1 is 1.40 bits per heavy atom. The molecule has 132 valence electrons. The zero-order valence-electron chi connectivity index (χ0n) is 14.7. The van der Waals surface area contributed by atoms with Gasteiger partial charge < -0.3 is 15.6 Å². The number of benzene rings is 1. The number of aromatic amines is 1. The van der Waals surface area contributed by atoms with E-state index in [1.54, 1.807) is 0 Å². The second kappa shape index (κ2) is 7.53. The molecule has 1 aromatic carbocycles. The maximum Gasteiger partial charge on any atom is 0.219 e. The van der Waals surface area contributed by atoms with Crippen LogP contribution in [-0.4, -0.2) is 26.7 Å². The number of amides is 1. The minimum atomic E-state index is -0.277. The van der Waals surface area contributed by atoms with Gasteiger partial charge in [0.05, 0.1) is 5.69 Å². The number of para-hydroxylation sites is 1. The molecule has 0 aliphatic heterocycles. The Morgan fingerprint density at radius 2 is 2.20 bits per heavy atom. The van der Waals surface area contributed by atoms with Crippen LogP contribution in [0.25, 0.3) is 10.9 Å². The quantitative estimate of drug-likeness (QED) is 0.588. The number of H-pyrrole nitrogens is 1. The van der Waals surface area contributed by atoms with Crippen molar-refractivity contribution < 1.29 is 4.79 Å². The van der Waals surface area contributed by atoms with Crippen LogP contribution in [0.5, 0.6) is 0 Å². The molecule has 0 aliphatic rings. The first-order valence-electron chi connectivity index (χ1n) is 8.62. The predicted molar refractivity (Wildman–Crippen MR) is 99.1 cm³/mol. The molecule has 3 rings (SSSR count). The third-order valence-electron chi connectivity index (χ3n) is 4.39. The molecule has 6 nitrogen and oxygen atoms in total. The second-order valence-electron chi connectivity index (χ2n) is 6.61. The standard InChI is InChI=1S/C19H25N5O/c1-13(9-16-10-14(2)22-23-16)21-11-15-12-24(8-7-19(20)25)18-6-4-3-5-17(15)18/h3-6,10,12-13,21H,7-9,11H2,1-2H3,(H2,20,25)(H,22,23)/t13-/m1/s1. The highest BCUT2D eigenvalue weighted by atomic mass is 16.1. The van der Waals surface area contributed by atoms with Crippen molar-refractivity contribution >= 4 is 16.8 Å². The van der Waals surface area contributed by atoms with Crippen LogP contribution in [-0.2, 0) is 24.3 Å². The average Bonchev–Trinajstić information content (AvgIpc) is 3.14. The fourth-order valence-electron chi connectivity index (χ4n) is 3.13. The summed E-state index contributed by atoms with van der Waals surface area (Å²) in [5.74, 6) is -0.277. The summed E-state index contributed by atoms with van der Waals surface area (Å²) >= 11 is 0. The first-order valence-corrected chi connectivity index (χ1v) is 8.62. The third kappa shape index (κ3) is 4.28. The number of hydrogen-bond acceptors (Lipinski definition) is 3. The van der Waals surface area contributed by atoms with Crippen molar-refractivity contribution in [1.82, 2.24) is 20.1 Å². The molecule has 0 spiro atoms. The topological polar surface area (TPSA) is 88.7 Å². The van der Waals surface area contributed by atoms with Crippen molar-refractivity contribution in [3.05, 3.63) is 53.5 Å². The molecule has 0 saturated heterocycles. The lowest BCUT2D eigenvalue weighted by molar-refractivity contribution is -0.118. The molecule has 4 N–H and O–H groups in total. The van der Waals surface area contributed by atoms with Crippen LogP contribution in [0, 0.1) is 6.92 Å². The zero-order valence-corrected chi connectivity index (χ0v) is 14.7. The molecule has 2 heterocycles. The zero-order chi connectivity index (χ0) is 17.8. The fourth-order valence-corrected chi connectivity index (χ4v) is 3.13. The Bertz CT molecular complexity index is 864. The lowest BCUT2D eigenvalue weighted by Crippen LogP contribution is -2.27. The number of aryl methyl sites for hydroxylation is 2. The molecule has 0 aliphatic carbocycles. The van der Waals surface area contributed by atoms with Gasteiger partial charge >= 0.3 is 0 Å². The van der Waals surface area contributed by atoms with Gasteiger partial charge in [-0.1, -0.05) is 18.2 Å². The first-order chi connectivity index (χ1) is 12.0. The van der Waals surface area contributed by atoms with Gasteiger partial charge in [0.2, 0.25) is 5.91 Å². The van der Waals surface area contributed by atoms with Crippen molar-refractivity contribution in [1.29, 1.82) is 0 Å². The summed E-state index contributed by atoms with van der Waals surface area (Å²) in [6, 6.07) is 10.7. The van der Waals surface area contributed by atoms with E-state index in [0.29, 0.717) is 19.0 Å². The number of carbonyl (C=O) groups is 1. The SMILES string of the molecule is Cc1cc(C[C@@H](C)NCc2cn(CCC(N)=O)c3ccccc23)n[nH]1. The smallest absolute Gasteiger partial charge is 0.219 e. The van der Waals surface area contributed by atoms with Crippen molar-refractivity contribution in [2.45, 2.75) is 45.8 Å². The molecule has 1 amide bonds. The molecule has 0 unspecified atom stereocenters. The second-order valence-corrected chi connectivity index (χ2v) is 6.61. The van der Waals surface area contributed by atoms with Crippen molar-refractivity contribution in [3.8, 4) is 0 Å². The Kier molecular flexibility index (Phi) is 5.19. The summed E-state index contributed by atoms with van der Waals surface area (Å²) in [4.78, 5) is 11.1. The van der Waals surface area contributed by atoms with E-state index >= 15 is 0 Å². The van der Waals surface area contributed by atoms with Crippen molar-refractivity contribution in [2.75, 3.05) is 0 Å². The van der Waals surface area contributed by atoms with Gasteiger partial charge in [-0.15, -0.1) is 0 Å². The minimum Gasteiger partial charge on any atom is -0.370 e. The summed E-state index contributed by atoms with van der Waals surface area (Å²) in [6.45, 7) is 5.55. The van der Waals surface area contributed by atoms with Gasteiger partial charge in [-0.25, -0.2) is 0 Å². The summed E-state index contributed by atoms with van der Waals surface area (Å²) in [6.07, 6.45) is 3.34. The van der Waals surface area contributed by atoms with E-state index in [1.807, 2.05) is 19.1 Å². The third-order valence-corrected chi connectivity index (χ3v) is 4.39. The van der Waals surface area contributed by atoms with Gasteiger partial charge in [0.15, 0.2) is 0 Å². The molecule has 2 aromatic heterocycles. The lowest BCUT2D eigenvalue weighted by atomic mass is 10.1. The molecule has 6 heteroatoms. The van der Waals surface area contributed by atoms with E-state index in [4.69, 9.17) is 5.73 Å². The normalized spacial score (nSPS) is 12.6. The summed E-state index contributed by atoms with van der Waals surface area (Å²) in [5.41, 5.74) is 9.81. The number of nitrogens with two attached hydrogens (primary N) is 1. The van der Waals surface area contributed by atoms with E-state index in [2.05, 4.69) is 51.4 Å². The number of fused-ring (bicyclic) bond motifs is 1. The van der Waals surface area contributed by atoms with Crippen LogP contribution in [0.4, 0.5) is 0 Å². The average molecular weight is 339 g/mol. The maximum absolute atomic E-state index is 11.1. The minimum absolute atomic E-state index is 0.277. The fraction of sp³-hybridized carbons (Fsp3) is 0.368. The van der Waals surface area contributed by atoms with E-state index in [-0.39, 0.29) is 5.91 Å². The van der Waals surface area contributed by atoms with Gasteiger partial charge in [0.25, 0.3) is 0 Å². The van der Waals surface area contributed by atoms with Gasteiger partial charge in [0, 0.05) is 54.8 Å². The molecule has 0 fully saturated rings. The van der Waals surface area contributed by atoms with Crippen LogP contribution in [0.1, 0.15) is 30.3 Å². The predicted octanol–water partition coefficient (Wildman–Crippen LogP) is 2.27. The van der Waals surface area contributed by atoms with Crippen LogP contribution in [0.15, 0.2) is 36.5 Å². The molecule has 1 atom stereocenters. The number of hydrogen-bond donors (Lipinski definition) is 3. The number of nitrogens with zero attached hydrogens (tertiary/aromatic N) is 2. The number of carbonyl (C=O) groups excluding carboxylic acids is 1. The van der Waals surface area contributed by atoms with E-state index in [1.165, 1.54) is 10.9 Å². The Hall–Kier alpha value is -2.60. The van der Waals surface area contributed by atoms with Crippen LogP contribution in [0.3, 0.4) is 0 Å². The van der Waals surface area contributed by atoms with Crippen LogP contribution in [0.2, 0.25) is 0 Å². The van der Waals surface area contributed by atoms with Gasteiger partial charge in [0.1, 0.15) is 0 Å². The Balaban J connectivity index is 1.69. The van der Waals surface area contributed by atoms with Crippen LogP contribution < -0.4 is 11.1 Å². The van der Waals surface area contributed by atoms with Gasteiger partial charge in [-0.2, -0.15) is 5.10 Å². The molecule has 0 radical (unpaired) electrons. The molecular formula is C19H25N5O. The van der Waals surface area contributed by atoms with Gasteiger partial charge in [-0.05, 0) is 31.5 Å². The molecule has 0 bridgehead atoms. The highest BCUT2D eigenvalue weighted by molar-refractivity contribution is 5.84. The van der Waals surface area contributed by atoms with Crippen molar-refractivity contribution in [2.24, 2.45) is 5.73 Å². The number of aromatic nitrogens is 3. The molecule has 0 saturated carbocycles. The van der Waals surface area contributed by atoms with Crippen LogP contribution >= 0.6 is 0 Å². The first kappa shape index (κ1) is 17.2.